The van der Waals surface area contributed by atoms with Crippen LogP contribution in [0.2, 0.25) is 0 Å². The highest BCUT2D eigenvalue weighted by Crippen LogP contribution is 2.10. The first-order valence-corrected chi connectivity index (χ1v) is 5.18. The molecule has 0 bridgehead atoms. The van der Waals surface area contributed by atoms with Crippen molar-refractivity contribution in [2.24, 2.45) is 0 Å². The van der Waals surface area contributed by atoms with Gasteiger partial charge < -0.3 is 4.90 Å². The maximum atomic E-state index is 12.9. The zero-order valence-electron chi connectivity index (χ0n) is 8.80. The maximum absolute atomic E-state index is 12.9. The summed E-state index contributed by atoms with van der Waals surface area (Å²) in [5.74, 6) is -1.09. The van der Waals surface area contributed by atoms with Crippen LogP contribution in [0.15, 0.2) is 18.2 Å². The fourth-order valence-corrected chi connectivity index (χ4v) is 1.74. The van der Waals surface area contributed by atoms with Gasteiger partial charge in [0.1, 0.15) is 11.6 Å². The predicted molar refractivity (Wildman–Crippen MR) is 58.0 cm³/mol. The minimum atomic E-state index is -0.544. The summed E-state index contributed by atoms with van der Waals surface area (Å²) in [6.07, 6.45) is 0. The zero-order chi connectivity index (χ0) is 11.4. The standard InChI is InChI=1S/C11H14ClF2N/c1-8(12)6-15(2)7-9-3-10(13)5-11(14)4-9/h3-5,8H,6-7H2,1-2H3. The summed E-state index contributed by atoms with van der Waals surface area (Å²) < 4.78 is 25.7. The molecule has 0 aliphatic rings. The van der Waals surface area contributed by atoms with Gasteiger partial charge in [0.25, 0.3) is 0 Å². The van der Waals surface area contributed by atoms with Gasteiger partial charge in [-0.3, -0.25) is 0 Å². The van der Waals surface area contributed by atoms with Gasteiger partial charge in [0.15, 0.2) is 0 Å². The number of nitrogens with zero attached hydrogens (tertiary/aromatic N) is 1. The Bertz CT molecular complexity index is 308. The monoisotopic (exact) mass is 233 g/mol. The fourth-order valence-electron chi connectivity index (χ4n) is 1.51. The van der Waals surface area contributed by atoms with Crippen LogP contribution in [0.4, 0.5) is 8.78 Å². The van der Waals surface area contributed by atoms with Crippen molar-refractivity contribution in [3.63, 3.8) is 0 Å². The molecule has 0 radical (unpaired) electrons. The molecule has 0 saturated heterocycles. The van der Waals surface area contributed by atoms with Crippen LogP contribution in [-0.2, 0) is 6.54 Å². The number of benzene rings is 1. The summed E-state index contributed by atoms with van der Waals surface area (Å²) in [5.41, 5.74) is 0.618. The van der Waals surface area contributed by atoms with E-state index in [9.17, 15) is 8.78 Å². The summed E-state index contributed by atoms with van der Waals surface area (Å²) in [4.78, 5) is 1.92. The van der Waals surface area contributed by atoms with Crippen LogP contribution in [0.3, 0.4) is 0 Å². The lowest BCUT2D eigenvalue weighted by atomic mass is 10.2. The first-order valence-electron chi connectivity index (χ1n) is 4.75. The van der Waals surface area contributed by atoms with E-state index in [1.165, 1.54) is 12.1 Å². The Morgan fingerprint density at radius 3 is 2.27 bits per heavy atom. The number of rotatable bonds is 4. The molecule has 0 saturated carbocycles. The van der Waals surface area contributed by atoms with Crippen LogP contribution in [-0.4, -0.2) is 23.9 Å². The largest absolute Gasteiger partial charge is 0.301 e. The Hall–Kier alpha value is -0.670. The molecule has 0 amide bonds. The average Bonchev–Trinajstić information content (AvgIpc) is 1.98. The second kappa shape index (κ2) is 5.42. The lowest BCUT2D eigenvalue weighted by molar-refractivity contribution is 0.328. The highest BCUT2D eigenvalue weighted by atomic mass is 35.5. The van der Waals surface area contributed by atoms with Crippen LogP contribution in [0.1, 0.15) is 12.5 Å². The van der Waals surface area contributed by atoms with Crippen LogP contribution in [0, 0.1) is 11.6 Å². The van der Waals surface area contributed by atoms with Crippen molar-refractivity contribution in [2.45, 2.75) is 18.8 Å². The molecule has 0 N–H and O–H groups in total. The van der Waals surface area contributed by atoms with E-state index < -0.39 is 11.6 Å². The van der Waals surface area contributed by atoms with E-state index in [4.69, 9.17) is 11.6 Å². The third-order valence-corrected chi connectivity index (χ3v) is 2.08. The van der Waals surface area contributed by atoms with Crippen molar-refractivity contribution in [1.29, 1.82) is 0 Å². The smallest absolute Gasteiger partial charge is 0.126 e. The van der Waals surface area contributed by atoms with Gasteiger partial charge in [-0.1, -0.05) is 0 Å². The lowest BCUT2D eigenvalue weighted by Crippen LogP contribution is -2.24. The van der Waals surface area contributed by atoms with Gasteiger partial charge in [-0.05, 0) is 31.7 Å². The Labute approximate surface area is 93.7 Å². The van der Waals surface area contributed by atoms with E-state index in [0.717, 1.165) is 6.07 Å². The van der Waals surface area contributed by atoms with Crippen LogP contribution in [0.5, 0.6) is 0 Å². The molecule has 1 aromatic carbocycles. The molecule has 0 aromatic heterocycles. The molecule has 1 rings (SSSR count). The van der Waals surface area contributed by atoms with Crippen molar-refractivity contribution in [2.75, 3.05) is 13.6 Å². The average molecular weight is 234 g/mol. The van der Waals surface area contributed by atoms with Crippen molar-refractivity contribution in [3.8, 4) is 0 Å². The van der Waals surface area contributed by atoms with Gasteiger partial charge in [0.2, 0.25) is 0 Å². The molecule has 0 spiro atoms. The topological polar surface area (TPSA) is 3.24 Å². The molecule has 1 unspecified atom stereocenters. The van der Waals surface area contributed by atoms with Crippen molar-refractivity contribution >= 4 is 11.6 Å². The molecule has 4 heteroatoms. The minimum Gasteiger partial charge on any atom is -0.301 e. The quantitative estimate of drug-likeness (QED) is 0.723. The second-order valence-corrected chi connectivity index (χ2v) is 4.50. The predicted octanol–water partition coefficient (Wildman–Crippen LogP) is 3.02. The molecular weight excluding hydrogens is 220 g/mol. The summed E-state index contributed by atoms with van der Waals surface area (Å²) in [7, 11) is 1.86. The lowest BCUT2D eigenvalue weighted by Gasteiger charge is -2.17. The highest BCUT2D eigenvalue weighted by Gasteiger charge is 2.06. The molecule has 1 aromatic rings. The summed E-state index contributed by atoms with van der Waals surface area (Å²) >= 11 is 5.81. The summed E-state index contributed by atoms with van der Waals surface area (Å²) in [6, 6.07) is 3.53. The third-order valence-electron chi connectivity index (χ3n) is 1.94. The Balaban J connectivity index is 2.63. The Kier molecular flexibility index (Phi) is 4.48. The molecule has 84 valence electrons. The van der Waals surface area contributed by atoms with Gasteiger partial charge in [-0.2, -0.15) is 0 Å². The fraction of sp³-hybridized carbons (Fsp3) is 0.455. The number of hydrogen-bond donors (Lipinski definition) is 0. The summed E-state index contributed by atoms with van der Waals surface area (Å²) in [5, 5.41) is 0.0217. The molecule has 1 nitrogen and oxygen atoms in total. The van der Waals surface area contributed by atoms with E-state index in [0.29, 0.717) is 18.7 Å². The van der Waals surface area contributed by atoms with E-state index >= 15 is 0 Å². The van der Waals surface area contributed by atoms with Crippen LogP contribution >= 0.6 is 11.6 Å². The number of halogens is 3. The first-order chi connectivity index (χ1) is 6.97. The first kappa shape index (κ1) is 12.4. The van der Waals surface area contributed by atoms with Crippen LogP contribution in [0.25, 0.3) is 0 Å². The highest BCUT2D eigenvalue weighted by molar-refractivity contribution is 6.20. The van der Waals surface area contributed by atoms with Gasteiger partial charge in [0, 0.05) is 24.5 Å². The van der Waals surface area contributed by atoms with Crippen LogP contribution < -0.4 is 0 Å². The maximum Gasteiger partial charge on any atom is 0.126 e. The van der Waals surface area contributed by atoms with Gasteiger partial charge in [-0.15, -0.1) is 11.6 Å². The molecular formula is C11H14ClF2N. The molecule has 0 aliphatic heterocycles. The number of alkyl halides is 1. The van der Waals surface area contributed by atoms with Crippen molar-refractivity contribution in [1.82, 2.24) is 4.90 Å². The summed E-state index contributed by atoms with van der Waals surface area (Å²) in [6.45, 7) is 3.05. The molecule has 0 fully saturated rings. The van der Waals surface area contributed by atoms with Gasteiger partial charge >= 0.3 is 0 Å². The van der Waals surface area contributed by atoms with Gasteiger partial charge in [0.05, 0.1) is 0 Å². The zero-order valence-corrected chi connectivity index (χ0v) is 9.56. The van der Waals surface area contributed by atoms with E-state index in [2.05, 4.69) is 0 Å². The Morgan fingerprint density at radius 1 is 1.27 bits per heavy atom. The SMILES string of the molecule is CC(Cl)CN(C)Cc1cc(F)cc(F)c1. The number of hydrogen-bond acceptors (Lipinski definition) is 1. The molecule has 0 heterocycles. The van der Waals surface area contributed by atoms with E-state index in [1.807, 2.05) is 18.9 Å². The second-order valence-electron chi connectivity index (χ2n) is 3.76. The van der Waals surface area contributed by atoms with E-state index in [1.54, 1.807) is 0 Å². The van der Waals surface area contributed by atoms with Crippen molar-refractivity contribution < 1.29 is 8.78 Å². The molecule has 0 aliphatic carbocycles. The molecule has 15 heavy (non-hydrogen) atoms. The normalized spacial score (nSPS) is 13.2. The van der Waals surface area contributed by atoms with Crippen molar-refractivity contribution in [3.05, 3.63) is 35.4 Å². The minimum absolute atomic E-state index is 0.0217. The van der Waals surface area contributed by atoms with E-state index in [-0.39, 0.29) is 5.38 Å². The van der Waals surface area contributed by atoms with Gasteiger partial charge in [-0.25, -0.2) is 8.78 Å². The molecule has 1 atom stereocenters. The Morgan fingerprint density at radius 2 is 1.80 bits per heavy atom. The third kappa shape index (κ3) is 4.58.